The monoisotopic (exact) mass is 237 g/mol. The lowest BCUT2D eigenvalue weighted by Gasteiger charge is -2.33. The summed E-state index contributed by atoms with van der Waals surface area (Å²) in [5, 5.41) is 7.42. The largest absolute Gasteiger partial charge is 0.393 e. The molecule has 0 aliphatic carbocycles. The van der Waals surface area contributed by atoms with Crippen molar-refractivity contribution in [2.75, 3.05) is 13.1 Å². The van der Waals surface area contributed by atoms with Crippen molar-refractivity contribution in [1.29, 1.82) is 5.41 Å². The van der Waals surface area contributed by atoms with Crippen molar-refractivity contribution in [3.8, 4) is 0 Å². The van der Waals surface area contributed by atoms with Gasteiger partial charge in [-0.15, -0.1) is 0 Å². The van der Waals surface area contributed by atoms with Gasteiger partial charge in [-0.2, -0.15) is 18.2 Å². The molecule has 1 heterocycles. The quantitative estimate of drug-likeness (QED) is 0.422. The minimum absolute atomic E-state index is 0.0924. The molecule has 5 N–H and O–H groups in total. The van der Waals surface area contributed by atoms with E-state index < -0.39 is 12.1 Å². The molecule has 16 heavy (non-hydrogen) atoms. The number of hydrogen-bond donors (Lipinski definition) is 3. The molecule has 1 aliphatic rings. The van der Waals surface area contributed by atoms with E-state index in [-0.39, 0.29) is 24.9 Å². The topological polar surface area (TPSA) is 91.5 Å². The number of rotatable bonds is 0. The van der Waals surface area contributed by atoms with Crippen LogP contribution in [0, 0.1) is 11.3 Å². The van der Waals surface area contributed by atoms with Gasteiger partial charge in [-0.3, -0.25) is 5.41 Å². The second kappa shape index (κ2) is 4.58. The van der Waals surface area contributed by atoms with Gasteiger partial charge in [-0.1, -0.05) is 0 Å². The fourth-order valence-electron chi connectivity index (χ4n) is 1.63. The van der Waals surface area contributed by atoms with Gasteiger partial charge in [0, 0.05) is 13.1 Å². The number of nitrogens with one attached hydrogen (secondary N) is 1. The molecule has 1 aliphatic heterocycles. The van der Waals surface area contributed by atoms with Gasteiger partial charge in [0.25, 0.3) is 0 Å². The number of piperidine rings is 1. The summed E-state index contributed by atoms with van der Waals surface area (Å²) in [6.07, 6.45) is -3.75. The van der Waals surface area contributed by atoms with Gasteiger partial charge in [-0.05, 0) is 12.8 Å². The molecule has 1 unspecified atom stereocenters. The Morgan fingerprint density at radius 1 is 1.38 bits per heavy atom. The Bertz CT molecular complexity index is 295. The van der Waals surface area contributed by atoms with Crippen molar-refractivity contribution in [3.05, 3.63) is 0 Å². The van der Waals surface area contributed by atoms with E-state index in [1.807, 2.05) is 0 Å². The van der Waals surface area contributed by atoms with Gasteiger partial charge in [0.05, 0.1) is 5.92 Å². The number of halogens is 3. The Kier molecular flexibility index (Phi) is 3.61. The highest BCUT2D eigenvalue weighted by Gasteiger charge is 2.42. The zero-order valence-electron chi connectivity index (χ0n) is 8.59. The summed E-state index contributed by atoms with van der Waals surface area (Å²) < 4.78 is 37.4. The molecule has 5 nitrogen and oxygen atoms in total. The molecular formula is C8H14F3N5. The fraction of sp³-hybridized carbons (Fsp3) is 0.750. The standard InChI is InChI=1S/C8H14F3N5/c9-8(10,11)5-2-1-3-16(4-5)7(14)15-6(12)13/h5H,1-4H2,(H5,12,13,14,15). The van der Waals surface area contributed by atoms with Crippen molar-refractivity contribution in [2.24, 2.45) is 22.4 Å². The third kappa shape index (κ3) is 3.28. The fourth-order valence-corrected chi connectivity index (χ4v) is 1.63. The molecule has 0 saturated carbocycles. The summed E-state index contributed by atoms with van der Waals surface area (Å²) in [5.74, 6) is -2.04. The molecule has 1 saturated heterocycles. The highest BCUT2D eigenvalue weighted by molar-refractivity contribution is 5.91. The minimum atomic E-state index is -4.23. The predicted molar refractivity (Wildman–Crippen MR) is 53.9 cm³/mol. The first-order valence-electron chi connectivity index (χ1n) is 4.80. The predicted octanol–water partition coefficient (Wildman–Crippen LogP) is 0.469. The average molecular weight is 237 g/mol. The van der Waals surface area contributed by atoms with Crippen LogP contribution in [0.25, 0.3) is 0 Å². The molecule has 0 amide bonds. The summed E-state index contributed by atoms with van der Waals surface area (Å²) >= 11 is 0. The Balaban J connectivity index is 2.64. The van der Waals surface area contributed by atoms with Crippen molar-refractivity contribution < 1.29 is 13.2 Å². The van der Waals surface area contributed by atoms with Crippen molar-refractivity contribution in [1.82, 2.24) is 4.90 Å². The van der Waals surface area contributed by atoms with Gasteiger partial charge < -0.3 is 16.4 Å². The summed E-state index contributed by atoms with van der Waals surface area (Å²) in [7, 11) is 0. The number of likely N-dealkylation sites (tertiary alicyclic amines) is 1. The lowest BCUT2D eigenvalue weighted by atomic mass is 9.98. The molecule has 92 valence electrons. The molecule has 1 rings (SSSR count). The third-order valence-corrected chi connectivity index (χ3v) is 2.42. The van der Waals surface area contributed by atoms with E-state index in [0.29, 0.717) is 13.0 Å². The Hall–Kier alpha value is -1.47. The minimum Gasteiger partial charge on any atom is -0.370 e. The van der Waals surface area contributed by atoms with Gasteiger partial charge in [0.2, 0.25) is 5.96 Å². The van der Waals surface area contributed by atoms with E-state index in [1.54, 1.807) is 0 Å². The van der Waals surface area contributed by atoms with Crippen LogP contribution in [0.1, 0.15) is 12.8 Å². The molecule has 1 atom stereocenters. The van der Waals surface area contributed by atoms with E-state index in [2.05, 4.69) is 4.99 Å². The van der Waals surface area contributed by atoms with Crippen molar-refractivity contribution in [3.63, 3.8) is 0 Å². The molecule has 8 heteroatoms. The van der Waals surface area contributed by atoms with Crippen LogP contribution in [-0.4, -0.2) is 36.1 Å². The first-order chi connectivity index (χ1) is 7.30. The lowest BCUT2D eigenvalue weighted by Crippen LogP contribution is -2.44. The van der Waals surface area contributed by atoms with Gasteiger partial charge in [0.1, 0.15) is 0 Å². The van der Waals surface area contributed by atoms with Crippen LogP contribution in [-0.2, 0) is 0 Å². The normalized spacial score (nSPS) is 21.7. The van der Waals surface area contributed by atoms with E-state index in [1.165, 1.54) is 4.90 Å². The number of alkyl halides is 3. The van der Waals surface area contributed by atoms with Crippen LogP contribution in [0.2, 0.25) is 0 Å². The lowest BCUT2D eigenvalue weighted by molar-refractivity contribution is -0.183. The third-order valence-electron chi connectivity index (χ3n) is 2.42. The van der Waals surface area contributed by atoms with Crippen LogP contribution in [0.3, 0.4) is 0 Å². The molecule has 0 aromatic heterocycles. The second-order valence-electron chi connectivity index (χ2n) is 3.69. The first-order valence-corrected chi connectivity index (χ1v) is 4.80. The SMILES string of the molecule is N=C(N=C(N)N)N1CCCC(C(F)(F)F)C1. The molecule has 0 bridgehead atoms. The van der Waals surface area contributed by atoms with E-state index in [4.69, 9.17) is 16.9 Å². The maximum atomic E-state index is 12.5. The van der Waals surface area contributed by atoms with Crippen LogP contribution < -0.4 is 11.5 Å². The summed E-state index contributed by atoms with van der Waals surface area (Å²) in [6.45, 7) is 0.126. The van der Waals surface area contributed by atoms with Crippen LogP contribution >= 0.6 is 0 Å². The van der Waals surface area contributed by atoms with Crippen molar-refractivity contribution >= 4 is 11.9 Å². The molecule has 0 spiro atoms. The molecule has 0 aromatic rings. The molecule has 1 fully saturated rings. The van der Waals surface area contributed by atoms with Crippen LogP contribution in [0.5, 0.6) is 0 Å². The molecule has 0 radical (unpaired) electrons. The van der Waals surface area contributed by atoms with Gasteiger partial charge >= 0.3 is 6.18 Å². The number of aliphatic imine (C=N–C) groups is 1. The number of nitrogens with zero attached hydrogens (tertiary/aromatic N) is 2. The number of hydrogen-bond acceptors (Lipinski definition) is 1. The maximum Gasteiger partial charge on any atom is 0.393 e. The Labute approximate surface area is 90.8 Å². The molecule has 0 aromatic carbocycles. The Morgan fingerprint density at radius 3 is 2.50 bits per heavy atom. The Morgan fingerprint density at radius 2 is 2.00 bits per heavy atom. The van der Waals surface area contributed by atoms with E-state index in [0.717, 1.165) is 0 Å². The van der Waals surface area contributed by atoms with Gasteiger partial charge in [-0.25, -0.2) is 0 Å². The van der Waals surface area contributed by atoms with Crippen LogP contribution in [0.15, 0.2) is 4.99 Å². The van der Waals surface area contributed by atoms with E-state index in [9.17, 15) is 13.2 Å². The highest BCUT2D eigenvalue weighted by Crippen LogP contribution is 2.33. The van der Waals surface area contributed by atoms with Crippen LogP contribution in [0.4, 0.5) is 13.2 Å². The number of nitrogens with two attached hydrogens (primary N) is 2. The van der Waals surface area contributed by atoms with E-state index >= 15 is 0 Å². The summed E-state index contributed by atoms with van der Waals surface area (Å²) in [6, 6.07) is 0. The zero-order chi connectivity index (χ0) is 12.3. The molecular weight excluding hydrogens is 223 g/mol. The average Bonchev–Trinajstić information content (AvgIpc) is 2.15. The summed E-state index contributed by atoms with van der Waals surface area (Å²) in [4.78, 5) is 4.67. The van der Waals surface area contributed by atoms with Crippen molar-refractivity contribution in [2.45, 2.75) is 19.0 Å². The van der Waals surface area contributed by atoms with Gasteiger partial charge in [0.15, 0.2) is 5.96 Å². The highest BCUT2D eigenvalue weighted by atomic mass is 19.4. The first kappa shape index (κ1) is 12.6. The summed E-state index contributed by atoms with van der Waals surface area (Å²) in [5.41, 5.74) is 10.1. The zero-order valence-corrected chi connectivity index (χ0v) is 8.59. The maximum absolute atomic E-state index is 12.5. The smallest absolute Gasteiger partial charge is 0.370 e. The second-order valence-corrected chi connectivity index (χ2v) is 3.69. The number of guanidine groups is 2.